The zero-order valence-electron chi connectivity index (χ0n) is 15.5. The van der Waals surface area contributed by atoms with Gasteiger partial charge in [-0.1, -0.05) is 49.2 Å². The molecule has 0 radical (unpaired) electrons. The number of para-hydroxylation sites is 1. The summed E-state index contributed by atoms with van der Waals surface area (Å²) in [4.78, 5) is 24.4. The van der Waals surface area contributed by atoms with Crippen LogP contribution in [-0.2, 0) is 4.79 Å². The molecule has 1 atom stereocenters. The second-order valence-electron chi connectivity index (χ2n) is 6.72. The van der Waals surface area contributed by atoms with Gasteiger partial charge in [0, 0.05) is 6.04 Å². The number of hydrogen-bond donors (Lipinski definition) is 2. The normalized spacial score (nSPS) is 15.9. The third kappa shape index (κ3) is 5.06. The molecule has 1 aromatic carbocycles. The largest absolute Gasteiger partial charge is 0.335 e. The van der Waals surface area contributed by atoms with Crippen molar-refractivity contribution >= 4 is 23.7 Å². The van der Waals surface area contributed by atoms with Crippen LogP contribution in [0.3, 0.4) is 0 Å². The Bertz CT molecular complexity index is 803. The lowest BCUT2D eigenvalue weighted by Crippen LogP contribution is -2.47. The molecule has 2 N–H and O–H groups in total. The molecule has 1 aliphatic carbocycles. The molecule has 3 amide bonds. The van der Waals surface area contributed by atoms with Crippen LogP contribution in [0.4, 0.5) is 4.79 Å². The van der Waals surface area contributed by atoms with Crippen LogP contribution in [0.15, 0.2) is 29.4 Å². The number of amides is 3. The molecule has 1 aromatic heterocycles. The number of urea groups is 1. The Morgan fingerprint density at radius 2 is 1.96 bits per heavy atom. The number of nitrogens with one attached hydrogen (secondary N) is 2. The van der Waals surface area contributed by atoms with Gasteiger partial charge in [0.2, 0.25) is 11.1 Å². The van der Waals surface area contributed by atoms with Gasteiger partial charge >= 0.3 is 6.03 Å². The van der Waals surface area contributed by atoms with Crippen molar-refractivity contribution in [2.24, 2.45) is 0 Å². The second kappa shape index (κ2) is 8.98. The van der Waals surface area contributed by atoms with Gasteiger partial charge in [0.05, 0.1) is 10.9 Å². The van der Waals surface area contributed by atoms with Crippen molar-refractivity contribution in [3.63, 3.8) is 0 Å². The van der Waals surface area contributed by atoms with E-state index >= 15 is 0 Å². The monoisotopic (exact) mass is 388 g/mol. The summed E-state index contributed by atoms with van der Waals surface area (Å²) < 4.78 is 1.60. The summed E-state index contributed by atoms with van der Waals surface area (Å²) in [6, 6.07) is 7.46. The lowest BCUT2D eigenvalue weighted by molar-refractivity contribution is -0.119. The van der Waals surface area contributed by atoms with Crippen LogP contribution in [0, 0.1) is 6.92 Å². The summed E-state index contributed by atoms with van der Waals surface area (Å²) in [5.74, 6) is -0.368. The van der Waals surface area contributed by atoms with Crippen molar-refractivity contribution in [3.05, 3.63) is 29.8 Å². The Kier molecular flexibility index (Phi) is 6.44. The molecule has 1 fully saturated rings. The molecular weight excluding hydrogens is 364 g/mol. The summed E-state index contributed by atoms with van der Waals surface area (Å²) >= 11 is 1.21. The minimum Gasteiger partial charge on any atom is -0.335 e. The van der Waals surface area contributed by atoms with Gasteiger partial charge in [-0.05, 0) is 48.7 Å². The first kappa shape index (κ1) is 19.3. The maximum absolute atomic E-state index is 12.4. The second-order valence-corrected chi connectivity index (χ2v) is 8.03. The van der Waals surface area contributed by atoms with Crippen LogP contribution < -0.4 is 10.6 Å². The standard InChI is InChI=1S/C18H24N6O2S/c1-12-8-6-7-11-15(12)24-18(21-22-23-24)27-13(2)16(25)20-17(26)19-14-9-4-3-5-10-14/h6-8,11,13-14H,3-5,9-10H2,1-2H3,(H2,19,20,25,26)/t13-/m1/s1. The predicted molar refractivity (Wildman–Crippen MR) is 103 cm³/mol. The van der Waals surface area contributed by atoms with E-state index in [1.54, 1.807) is 11.6 Å². The van der Waals surface area contributed by atoms with Crippen molar-refractivity contribution in [1.82, 2.24) is 30.8 Å². The SMILES string of the molecule is Cc1ccccc1-n1nnnc1S[C@H](C)C(=O)NC(=O)NC1CCCCC1. The number of imide groups is 1. The van der Waals surface area contributed by atoms with Crippen molar-refractivity contribution < 1.29 is 9.59 Å². The number of hydrogen-bond acceptors (Lipinski definition) is 6. The van der Waals surface area contributed by atoms with Gasteiger partial charge in [-0.2, -0.15) is 4.68 Å². The summed E-state index contributed by atoms with van der Waals surface area (Å²) in [6.07, 6.45) is 5.38. The third-order valence-corrected chi connectivity index (χ3v) is 5.65. The molecule has 3 rings (SSSR count). The number of rotatable bonds is 5. The highest BCUT2D eigenvalue weighted by Gasteiger charge is 2.23. The van der Waals surface area contributed by atoms with Crippen LogP contribution in [-0.4, -0.2) is 43.4 Å². The van der Waals surface area contributed by atoms with Gasteiger partial charge in [-0.15, -0.1) is 5.10 Å². The third-order valence-electron chi connectivity index (χ3n) is 4.61. The summed E-state index contributed by atoms with van der Waals surface area (Å²) in [6.45, 7) is 3.70. The fraction of sp³-hybridized carbons (Fsp3) is 0.500. The number of carbonyl (C=O) groups is 2. The Hall–Kier alpha value is -2.42. The predicted octanol–water partition coefficient (Wildman–Crippen LogP) is 2.61. The molecule has 2 aromatic rings. The summed E-state index contributed by atoms with van der Waals surface area (Å²) in [7, 11) is 0. The highest BCUT2D eigenvalue weighted by Crippen LogP contribution is 2.24. The maximum atomic E-state index is 12.4. The van der Waals surface area contributed by atoms with Crippen LogP contribution >= 0.6 is 11.8 Å². The molecule has 0 unspecified atom stereocenters. The molecule has 0 aliphatic heterocycles. The van der Waals surface area contributed by atoms with E-state index in [1.807, 2.05) is 31.2 Å². The van der Waals surface area contributed by atoms with E-state index in [0.717, 1.165) is 36.9 Å². The van der Waals surface area contributed by atoms with Crippen molar-refractivity contribution in [2.75, 3.05) is 0 Å². The number of aryl methyl sites for hydroxylation is 1. The first-order chi connectivity index (χ1) is 13.0. The van der Waals surface area contributed by atoms with Gasteiger partial charge in [0.15, 0.2) is 0 Å². The summed E-state index contributed by atoms with van der Waals surface area (Å²) in [5, 5.41) is 17.0. The number of tetrazole rings is 1. The Balaban J connectivity index is 1.58. The van der Waals surface area contributed by atoms with E-state index in [-0.39, 0.29) is 11.9 Å². The number of aromatic nitrogens is 4. The van der Waals surface area contributed by atoms with Crippen molar-refractivity contribution in [3.8, 4) is 5.69 Å². The molecular formula is C18H24N6O2S. The van der Waals surface area contributed by atoms with E-state index in [2.05, 4.69) is 26.2 Å². The molecule has 9 heteroatoms. The quantitative estimate of drug-likeness (QED) is 0.764. The first-order valence-corrected chi connectivity index (χ1v) is 10.0. The Labute approximate surface area is 162 Å². The fourth-order valence-corrected chi connectivity index (χ4v) is 3.90. The smallest absolute Gasteiger partial charge is 0.321 e. The lowest BCUT2D eigenvalue weighted by Gasteiger charge is -2.23. The van der Waals surface area contributed by atoms with Gasteiger partial charge in [-0.3, -0.25) is 10.1 Å². The number of thioether (sulfide) groups is 1. The molecule has 1 saturated carbocycles. The number of benzene rings is 1. The van der Waals surface area contributed by atoms with E-state index in [4.69, 9.17) is 0 Å². The highest BCUT2D eigenvalue weighted by atomic mass is 32.2. The topological polar surface area (TPSA) is 102 Å². The first-order valence-electron chi connectivity index (χ1n) is 9.17. The number of carbonyl (C=O) groups excluding carboxylic acids is 2. The minimum absolute atomic E-state index is 0.155. The summed E-state index contributed by atoms with van der Waals surface area (Å²) in [5.41, 5.74) is 1.88. The molecule has 0 bridgehead atoms. The van der Waals surface area contributed by atoms with Crippen LogP contribution in [0.2, 0.25) is 0 Å². The maximum Gasteiger partial charge on any atom is 0.321 e. The zero-order valence-corrected chi connectivity index (χ0v) is 16.3. The Morgan fingerprint density at radius 1 is 1.22 bits per heavy atom. The average Bonchev–Trinajstić information content (AvgIpc) is 3.10. The minimum atomic E-state index is -0.518. The Morgan fingerprint density at radius 3 is 2.70 bits per heavy atom. The van der Waals surface area contributed by atoms with E-state index in [0.29, 0.717) is 5.16 Å². The van der Waals surface area contributed by atoms with Gasteiger partial charge in [-0.25, -0.2) is 4.79 Å². The molecule has 27 heavy (non-hydrogen) atoms. The van der Waals surface area contributed by atoms with Crippen molar-refractivity contribution in [2.45, 2.75) is 62.4 Å². The lowest BCUT2D eigenvalue weighted by atomic mass is 9.96. The van der Waals surface area contributed by atoms with Gasteiger partial charge in [0.25, 0.3) is 0 Å². The van der Waals surface area contributed by atoms with Gasteiger partial charge < -0.3 is 5.32 Å². The van der Waals surface area contributed by atoms with Gasteiger partial charge in [0.1, 0.15) is 0 Å². The molecule has 144 valence electrons. The van der Waals surface area contributed by atoms with E-state index in [1.165, 1.54) is 18.2 Å². The van der Waals surface area contributed by atoms with E-state index < -0.39 is 11.3 Å². The molecule has 0 saturated heterocycles. The van der Waals surface area contributed by atoms with Crippen LogP contribution in [0.25, 0.3) is 5.69 Å². The van der Waals surface area contributed by atoms with Crippen LogP contribution in [0.1, 0.15) is 44.6 Å². The average molecular weight is 388 g/mol. The van der Waals surface area contributed by atoms with Crippen LogP contribution in [0.5, 0.6) is 0 Å². The van der Waals surface area contributed by atoms with Crippen molar-refractivity contribution in [1.29, 1.82) is 0 Å². The molecule has 1 heterocycles. The van der Waals surface area contributed by atoms with E-state index in [9.17, 15) is 9.59 Å². The molecule has 8 nitrogen and oxygen atoms in total. The fourth-order valence-electron chi connectivity index (χ4n) is 3.10. The molecule has 1 aliphatic rings. The molecule has 0 spiro atoms. The zero-order chi connectivity index (χ0) is 19.2. The number of nitrogens with zero attached hydrogens (tertiary/aromatic N) is 4. The highest BCUT2D eigenvalue weighted by molar-refractivity contribution is 8.00.